The summed E-state index contributed by atoms with van der Waals surface area (Å²) < 4.78 is 32.3. The number of carbonyl (C=O) groups is 1. The predicted molar refractivity (Wildman–Crippen MR) is 102 cm³/mol. The van der Waals surface area contributed by atoms with Crippen molar-refractivity contribution in [2.45, 2.75) is 25.7 Å². The summed E-state index contributed by atoms with van der Waals surface area (Å²) >= 11 is 0. The van der Waals surface area contributed by atoms with Gasteiger partial charge in [0.15, 0.2) is 0 Å². The standard InChI is InChI=1S/C19H18N2O5S/c1-11-5-4-6-15(13(11)3)20-19(23)21-27(24,25)17-10-16-14(9-12(17)2)7-8-18(22)26-16/h4-10H,1-3H3,(H2,20,21,23). The molecule has 27 heavy (non-hydrogen) atoms. The van der Waals surface area contributed by atoms with Crippen LogP contribution in [0.15, 0.2) is 56.6 Å². The summed E-state index contributed by atoms with van der Waals surface area (Å²) in [4.78, 5) is 23.5. The zero-order chi connectivity index (χ0) is 19.8. The fourth-order valence-electron chi connectivity index (χ4n) is 2.71. The molecule has 0 saturated heterocycles. The first-order valence-electron chi connectivity index (χ1n) is 8.12. The van der Waals surface area contributed by atoms with E-state index in [1.54, 1.807) is 31.2 Å². The number of hydrogen-bond donors (Lipinski definition) is 2. The van der Waals surface area contributed by atoms with Crippen molar-refractivity contribution in [1.82, 2.24) is 4.72 Å². The molecule has 7 nitrogen and oxygen atoms in total. The number of anilines is 1. The Kier molecular flexibility index (Phi) is 4.75. The Hall–Kier alpha value is -3.13. The summed E-state index contributed by atoms with van der Waals surface area (Å²) in [5.41, 5.74) is 2.29. The number of fused-ring (bicyclic) bond motifs is 1. The summed E-state index contributed by atoms with van der Waals surface area (Å²) in [5.74, 6) is 0. The average molecular weight is 386 g/mol. The number of aryl methyl sites for hydroxylation is 2. The molecule has 8 heteroatoms. The van der Waals surface area contributed by atoms with E-state index in [4.69, 9.17) is 4.42 Å². The van der Waals surface area contributed by atoms with Gasteiger partial charge >= 0.3 is 11.7 Å². The van der Waals surface area contributed by atoms with Gasteiger partial charge in [-0.15, -0.1) is 0 Å². The zero-order valence-electron chi connectivity index (χ0n) is 15.0. The fourth-order valence-corrected chi connectivity index (χ4v) is 3.86. The average Bonchev–Trinajstić information content (AvgIpc) is 2.58. The molecule has 140 valence electrons. The van der Waals surface area contributed by atoms with Crippen molar-refractivity contribution in [1.29, 1.82) is 0 Å². The second kappa shape index (κ2) is 6.88. The third-order valence-electron chi connectivity index (χ3n) is 4.29. The van der Waals surface area contributed by atoms with Crippen LogP contribution < -0.4 is 15.7 Å². The lowest BCUT2D eigenvalue weighted by molar-refractivity contribution is 0.256. The van der Waals surface area contributed by atoms with Gasteiger partial charge < -0.3 is 9.73 Å². The lowest BCUT2D eigenvalue weighted by Gasteiger charge is -2.13. The van der Waals surface area contributed by atoms with Gasteiger partial charge in [-0.25, -0.2) is 22.7 Å². The molecule has 0 bridgehead atoms. The quantitative estimate of drug-likeness (QED) is 0.672. The maximum absolute atomic E-state index is 12.6. The lowest BCUT2D eigenvalue weighted by Crippen LogP contribution is -2.35. The summed E-state index contributed by atoms with van der Waals surface area (Å²) in [6.45, 7) is 5.32. The summed E-state index contributed by atoms with van der Waals surface area (Å²) in [6.07, 6.45) is 0. The highest BCUT2D eigenvalue weighted by Crippen LogP contribution is 2.23. The van der Waals surface area contributed by atoms with Gasteiger partial charge in [0, 0.05) is 23.2 Å². The number of nitrogens with one attached hydrogen (secondary N) is 2. The van der Waals surface area contributed by atoms with Crippen LogP contribution in [0.2, 0.25) is 0 Å². The molecule has 0 fully saturated rings. The molecular weight excluding hydrogens is 368 g/mol. The molecule has 3 aromatic rings. The van der Waals surface area contributed by atoms with E-state index in [0.29, 0.717) is 16.6 Å². The minimum Gasteiger partial charge on any atom is -0.423 e. The highest BCUT2D eigenvalue weighted by atomic mass is 32.2. The van der Waals surface area contributed by atoms with Gasteiger partial charge in [-0.3, -0.25) is 0 Å². The van der Waals surface area contributed by atoms with Crippen molar-refractivity contribution in [3.8, 4) is 0 Å². The van der Waals surface area contributed by atoms with Crippen LogP contribution in [0.5, 0.6) is 0 Å². The van der Waals surface area contributed by atoms with Gasteiger partial charge in [0.05, 0.1) is 4.90 Å². The van der Waals surface area contributed by atoms with Crippen LogP contribution in [0.4, 0.5) is 10.5 Å². The molecule has 2 N–H and O–H groups in total. The molecular formula is C19H18N2O5S. The van der Waals surface area contributed by atoms with Crippen molar-refractivity contribution >= 4 is 32.7 Å². The van der Waals surface area contributed by atoms with E-state index >= 15 is 0 Å². The smallest absolute Gasteiger partial charge is 0.336 e. The lowest BCUT2D eigenvalue weighted by atomic mass is 10.1. The monoisotopic (exact) mass is 386 g/mol. The molecule has 0 saturated carbocycles. The van der Waals surface area contributed by atoms with Crippen LogP contribution in [-0.4, -0.2) is 14.4 Å². The van der Waals surface area contributed by atoms with Crippen LogP contribution in [0, 0.1) is 20.8 Å². The van der Waals surface area contributed by atoms with Gasteiger partial charge in [-0.1, -0.05) is 12.1 Å². The number of urea groups is 1. The van der Waals surface area contributed by atoms with Crippen molar-refractivity contribution in [2.24, 2.45) is 0 Å². The van der Waals surface area contributed by atoms with E-state index < -0.39 is 21.7 Å². The number of amides is 2. The van der Waals surface area contributed by atoms with E-state index in [0.717, 1.165) is 11.1 Å². The number of benzene rings is 2. The van der Waals surface area contributed by atoms with Crippen LogP contribution in [-0.2, 0) is 10.0 Å². The Balaban J connectivity index is 1.91. The van der Waals surface area contributed by atoms with E-state index in [9.17, 15) is 18.0 Å². The minimum absolute atomic E-state index is 0.128. The first kappa shape index (κ1) is 18.7. The van der Waals surface area contributed by atoms with E-state index in [1.165, 1.54) is 12.1 Å². The fraction of sp³-hybridized carbons (Fsp3) is 0.158. The molecule has 0 atom stereocenters. The predicted octanol–water partition coefficient (Wildman–Crippen LogP) is 3.23. The molecule has 0 aliphatic carbocycles. The SMILES string of the molecule is Cc1cc2ccc(=O)oc2cc1S(=O)(=O)NC(=O)Nc1cccc(C)c1C. The largest absolute Gasteiger partial charge is 0.423 e. The van der Waals surface area contributed by atoms with Crippen molar-refractivity contribution in [3.63, 3.8) is 0 Å². The van der Waals surface area contributed by atoms with Crippen LogP contribution in [0.3, 0.4) is 0 Å². The first-order chi connectivity index (χ1) is 12.7. The zero-order valence-corrected chi connectivity index (χ0v) is 15.8. The molecule has 0 aliphatic rings. The third kappa shape index (κ3) is 3.85. The number of carbonyl (C=O) groups excluding carboxylic acids is 1. The van der Waals surface area contributed by atoms with E-state index in [2.05, 4.69) is 5.32 Å². The highest BCUT2D eigenvalue weighted by Gasteiger charge is 2.21. The number of hydrogen-bond acceptors (Lipinski definition) is 5. The Morgan fingerprint density at radius 3 is 2.48 bits per heavy atom. The summed E-state index contributed by atoms with van der Waals surface area (Å²) in [5, 5.41) is 3.13. The van der Waals surface area contributed by atoms with Gasteiger partial charge in [0.2, 0.25) is 0 Å². The van der Waals surface area contributed by atoms with Gasteiger partial charge in [0.25, 0.3) is 10.0 Å². The molecule has 0 unspecified atom stereocenters. The molecule has 1 heterocycles. The van der Waals surface area contributed by atoms with Gasteiger partial charge in [0.1, 0.15) is 5.58 Å². The minimum atomic E-state index is -4.16. The Morgan fingerprint density at radius 2 is 1.74 bits per heavy atom. The molecule has 1 aromatic heterocycles. The van der Waals surface area contributed by atoms with Crippen molar-refractivity contribution in [3.05, 3.63) is 69.6 Å². The molecule has 3 rings (SSSR count). The van der Waals surface area contributed by atoms with Crippen LogP contribution in [0.1, 0.15) is 16.7 Å². The van der Waals surface area contributed by atoms with Crippen molar-refractivity contribution < 1.29 is 17.6 Å². The van der Waals surface area contributed by atoms with Gasteiger partial charge in [-0.2, -0.15) is 0 Å². The maximum Gasteiger partial charge on any atom is 0.336 e. The van der Waals surface area contributed by atoms with E-state index in [1.807, 2.05) is 24.6 Å². The summed E-state index contributed by atoms with van der Waals surface area (Å²) in [6, 6.07) is 10.1. The Bertz CT molecular complexity index is 1210. The third-order valence-corrected chi connectivity index (χ3v) is 5.76. The Morgan fingerprint density at radius 1 is 1.00 bits per heavy atom. The molecule has 0 spiro atoms. The van der Waals surface area contributed by atoms with Gasteiger partial charge in [-0.05, 0) is 55.7 Å². The molecule has 2 aromatic carbocycles. The second-order valence-corrected chi connectivity index (χ2v) is 7.87. The molecule has 0 radical (unpaired) electrons. The molecule has 2 amide bonds. The van der Waals surface area contributed by atoms with Crippen LogP contribution in [0.25, 0.3) is 11.0 Å². The second-order valence-electron chi connectivity index (χ2n) is 6.22. The summed E-state index contributed by atoms with van der Waals surface area (Å²) in [7, 11) is -4.16. The number of rotatable bonds is 3. The van der Waals surface area contributed by atoms with Crippen LogP contribution >= 0.6 is 0 Å². The normalized spacial score (nSPS) is 11.4. The first-order valence-corrected chi connectivity index (χ1v) is 9.60. The highest BCUT2D eigenvalue weighted by molar-refractivity contribution is 7.90. The Labute approximate surface area is 156 Å². The topological polar surface area (TPSA) is 105 Å². The molecule has 0 aliphatic heterocycles. The van der Waals surface area contributed by atoms with Crippen molar-refractivity contribution in [2.75, 3.05) is 5.32 Å². The number of sulfonamides is 1. The van der Waals surface area contributed by atoms with E-state index in [-0.39, 0.29) is 10.5 Å². The maximum atomic E-state index is 12.6.